The molecule has 7 nitrogen and oxygen atoms in total. The lowest BCUT2D eigenvalue weighted by Gasteiger charge is -2.32. The molecule has 0 bridgehead atoms. The highest BCUT2D eigenvalue weighted by molar-refractivity contribution is 5.91. The van der Waals surface area contributed by atoms with Crippen LogP contribution in [-0.2, 0) is 4.79 Å². The summed E-state index contributed by atoms with van der Waals surface area (Å²) in [5.41, 5.74) is 0.564. The molecule has 0 aliphatic carbocycles. The lowest BCUT2D eigenvalue weighted by Crippen LogP contribution is -2.45. The number of hydrogen-bond acceptors (Lipinski definition) is 6. The lowest BCUT2D eigenvalue weighted by atomic mass is 10.3. The number of amides is 1. The molecule has 0 saturated carbocycles. The second-order valence-electron chi connectivity index (χ2n) is 5.71. The molecule has 0 spiro atoms. The highest BCUT2D eigenvalue weighted by Gasteiger charge is 2.16. The van der Waals surface area contributed by atoms with Crippen LogP contribution >= 0.6 is 0 Å². The van der Waals surface area contributed by atoms with Crippen LogP contribution in [0.4, 0.5) is 11.6 Å². The summed E-state index contributed by atoms with van der Waals surface area (Å²) in [7, 11) is 2.11. The number of nitrogens with one attached hydrogen (secondary N) is 1. The van der Waals surface area contributed by atoms with Gasteiger partial charge in [0.05, 0.1) is 18.1 Å². The Kier molecular flexibility index (Phi) is 5.22. The predicted octanol–water partition coefficient (Wildman–Crippen LogP) is 1.25. The van der Waals surface area contributed by atoms with Gasteiger partial charge in [-0.05, 0) is 19.2 Å². The van der Waals surface area contributed by atoms with Gasteiger partial charge in [-0.25, -0.2) is 9.97 Å². The van der Waals surface area contributed by atoms with E-state index in [0.717, 1.165) is 26.2 Å². The molecule has 2 aromatic rings. The van der Waals surface area contributed by atoms with Crippen LogP contribution in [0.25, 0.3) is 0 Å². The zero-order valence-electron chi connectivity index (χ0n) is 13.7. The van der Waals surface area contributed by atoms with Gasteiger partial charge in [-0.2, -0.15) is 0 Å². The molecule has 7 heteroatoms. The SMILES string of the molecule is CN1CCN(c2ncc(NC(=O)COc3ccccc3)cn2)CC1. The number of para-hydroxylation sites is 1. The number of carbonyl (C=O) groups excluding carboxylic acids is 1. The largest absolute Gasteiger partial charge is 0.484 e. The van der Waals surface area contributed by atoms with Crippen molar-refractivity contribution in [1.82, 2.24) is 14.9 Å². The van der Waals surface area contributed by atoms with E-state index in [2.05, 4.69) is 32.1 Å². The van der Waals surface area contributed by atoms with E-state index in [9.17, 15) is 4.79 Å². The van der Waals surface area contributed by atoms with Crippen molar-refractivity contribution in [1.29, 1.82) is 0 Å². The molecule has 1 fully saturated rings. The number of ether oxygens (including phenoxy) is 1. The maximum Gasteiger partial charge on any atom is 0.262 e. The van der Waals surface area contributed by atoms with Crippen LogP contribution in [0.1, 0.15) is 0 Å². The van der Waals surface area contributed by atoms with Crippen molar-refractivity contribution in [2.75, 3.05) is 50.1 Å². The molecule has 126 valence electrons. The Hall–Kier alpha value is -2.67. The van der Waals surface area contributed by atoms with Gasteiger partial charge in [0.2, 0.25) is 5.95 Å². The number of anilines is 2. The smallest absolute Gasteiger partial charge is 0.262 e. The summed E-state index contributed by atoms with van der Waals surface area (Å²) in [6.45, 7) is 3.77. The maximum atomic E-state index is 11.9. The monoisotopic (exact) mass is 327 g/mol. The van der Waals surface area contributed by atoms with Gasteiger partial charge in [-0.15, -0.1) is 0 Å². The van der Waals surface area contributed by atoms with E-state index in [-0.39, 0.29) is 12.5 Å². The van der Waals surface area contributed by atoms with Crippen molar-refractivity contribution in [3.8, 4) is 5.75 Å². The van der Waals surface area contributed by atoms with E-state index >= 15 is 0 Å². The highest BCUT2D eigenvalue weighted by Crippen LogP contribution is 2.13. The fourth-order valence-corrected chi connectivity index (χ4v) is 2.42. The van der Waals surface area contributed by atoms with Crippen molar-refractivity contribution in [3.63, 3.8) is 0 Å². The van der Waals surface area contributed by atoms with Crippen molar-refractivity contribution in [3.05, 3.63) is 42.7 Å². The second kappa shape index (κ2) is 7.74. The Balaban J connectivity index is 1.49. The fraction of sp³-hybridized carbons (Fsp3) is 0.353. The normalized spacial score (nSPS) is 15.1. The Morgan fingerprint density at radius 2 is 1.79 bits per heavy atom. The van der Waals surface area contributed by atoms with Gasteiger partial charge in [-0.1, -0.05) is 18.2 Å². The molecule has 0 atom stereocenters. The Morgan fingerprint density at radius 3 is 2.46 bits per heavy atom. The summed E-state index contributed by atoms with van der Waals surface area (Å²) in [6, 6.07) is 9.23. The van der Waals surface area contributed by atoms with Crippen molar-refractivity contribution in [2.45, 2.75) is 0 Å². The number of carbonyl (C=O) groups is 1. The zero-order valence-corrected chi connectivity index (χ0v) is 13.7. The van der Waals surface area contributed by atoms with Crippen LogP contribution in [0, 0.1) is 0 Å². The summed E-state index contributed by atoms with van der Waals surface area (Å²) < 4.78 is 5.40. The molecule has 1 N–H and O–H groups in total. The standard InChI is InChI=1S/C17H21N5O2/c1-21-7-9-22(10-8-21)17-18-11-14(12-19-17)20-16(23)13-24-15-5-3-2-4-6-15/h2-6,11-12H,7-10,13H2,1H3,(H,20,23). The first-order chi connectivity index (χ1) is 11.7. The van der Waals surface area contributed by atoms with Crippen molar-refractivity contribution in [2.24, 2.45) is 0 Å². The first-order valence-electron chi connectivity index (χ1n) is 7.94. The van der Waals surface area contributed by atoms with E-state index in [0.29, 0.717) is 17.4 Å². The van der Waals surface area contributed by atoms with Crippen LogP contribution in [0.3, 0.4) is 0 Å². The molecule has 0 radical (unpaired) electrons. The topological polar surface area (TPSA) is 70.6 Å². The molecule has 1 aliphatic heterocycles. The highest BCUT2D eigenvalue weighted by atomic mass is 16.5. The minimum atomic E-state index is -0.241. The zero-order chi connectivity index (χ0) is 16.8. The van der Waals surface area contributed by atoms with Crippen LogP contribution in [0.15, 0.2) is 42.7 Å². The number of rotatable bonds is 5. The van der Waals surface area contributed by atoms with E-state index < -0.39 is 0 Å². The molecule has 0 unspecified atom stereocenters. The molecule has 1 aromatic carbocycles. The molecule has 2 heterocycles. The fourth-order valence-electron chi connectivity index (χ4n) is 2.42. The third kappa shape index (κ3) is 4.42. The Labute approximate surface area is 141 Å². The van der Waals surface area contributed by atoms with E-state index in [4.69, 9.17) is 4.74 Å². The summed E-state index contributed by atoms with van der Waals surface area (Å²) in [4.78, 5) is 25.0. The van der Waals surface area contributed by atoms with Gasteiger partial charge in [-0.3, -0.25) is 4.79 Å². The second-order valence-corrected chi connectivity index (χ2v) is 5.71. The van der Waals surface area contributed by atoms with Gasteiger partial charge in [0.15, 0.2) is 6.61 Å². The van der Waals surface area contributed by atoms with Gasteiger partial charge < -0.3 is 19.9 Å². The number of benzene rings is 1. The van der Waals surface area contributed by atoms with Gasteiger partial charge in [0.25, 0.3) is 5.91 Å². The van der Waals surface area contributed by atoms with Crippen LogP contribution in [0.5, 0.6) is 5.75 Å². The number of likely N-dealkylation sites (N-methyl/N-ethyl adjacent to an activating group) is 1. The molecule has 1 amide bonds. The molecule has 24 heavy (non-hydrogen) atoms. The summed E-state index contributed by atoms with van der Waals surface area (Å²) in [6.07, 6.45) is 3.25. The first-order valence-corrected chi connectivity index (χ1v) is 7.94. The summed E-state index contributed by atoms with van der Waals surface area (Å²) in [5, 5.41) is 2.73. The number of nitrogens with zero attached hydrogens (tertiary/aromatic N) is 4. The molecular weight excluding hydrogens is 306 g/mol. The van der Waals surface area contributed by atoms with E-state index in [1.54, 1.807) is 24.5 Å². The third-order valence-electron chi connectivity index (χ3n) is 3.82. The molecule has 3 rings (SSSR count). The first kappa shape index (κ1) is 16.2. The van der Waals surface area contributed by atoms with Gasteiger partial charge in [0.1, 0.15) is 5.75 Å². The molecule has 1 saturated heterocycles. The maximum absolute atomic E-state index is 11.9. The van der Waals surface area contributed by atoms with Crippen LogP contribution < -0.4 is 15.0 Å². The van der Waals surface area contributed by atoms with Crippen LogP contribution in [-0.4, -0.2) is 60.6 Å². The minimum absolute atomic E-state index is 0.0514. The van der Waals surface area contributed by atoms with E-state index in [1.165, 1.54) is 0 Å². The van der Waals surface area contributed by atoms with Crippen molar-refractivity contribution < 1.29 is 9.53 Å². The Bertz CT molecular complexity index is 654. The van der Waals surface area contributed by atoms with E-state index in [1.807, 2.05) is 18.2 Å². The molecule has 1 aliphatic rings. The molecular formula is C17H21N5O2. The third-order valence-corrected chi connectivity index (χ3v) is 3.82. The van der Waals surface area contributed by atoms with Crippen molar-refractivity contribution >= 4 is 17.5 Å². The summed E-state index contributed by atoms with van der Waals surface area (Å²) >= 11 is 0. The quantitative estimate of drug-likeness (QED) is 0.891. The number of piperazine rings is 1. The molecule has 1 aromatic heterocycles. The predicted molar refractivity (Wildman–Crippen MR) is 92.3 cm³/mol. The average Bonchev–Trinajstić information content (AvgIpc) is 2.62. The van der Waals surface area contributed by atoms with Gasteiger partial charge >= 0.3 is 0 Å². The van der Waals surface area contributed by atoms with Gasteiger partial charge in [0, 0.05) is 26.2 Å². The number of hydrogen-bond donors (Lipinski definition) is 1. The van der Waals surface area contributed by atoms with Crippen LogP contribution in [0.2, 0.25) is 0 Å². The number of aromatic nitrogens is 2. The minimum Gasteiger partial charge on any atom is -0.484 e. The lowest BCUT2D eigenvalue weighted by molar-refractivity contribution is -0.118. The Morgan fingerprint density at radius 1 is 1.12 bits per heavy atom. The summed E-state index contributed by atoms with van der Waals surface area (Å²) in [5.74, 6) is 1.12. The average molecular weight is 327 g/mol.